The molecule has 0 aliphatic carbocycles. The molecule has 6 nitrogen and oxygen atoms in total. The van der Waals surface area contributed by atoms with Gasteiger partial charge in [0.05, 0.1) is 11.2 Å². The zero-order valence-electron chi connectivity index (χ0n) is 19.2. The minimum atomic E-state index is 0.0687. The summed E-state index contributed by atoms with van der Waals surface area (Å²) in [6.07, 6.45) is 7.62. The van der Waals surface area contributed by atoms with Gasteiger partial charge in [-0.1, -0.05) is 18.6 Å². The Labute approximate surface area is 190 Å². The molecule has 0 unspecified atom stereocenters. The summed E-state index contributed by atoms with van der Waals surface area (Å²) in [6.45, 7) is 9.76. The number of carbonyl (C=O) groups excluding carboxylic acids is 1. The van der Waals surface area contributed by atoms with E-state index in [-0.39, 0.29) is 5.91 Å². The molecule has 6 heteroatoms. The molecular formula is C26H33N5O. The predicted octanol–water partition coefficient (Wildman–Crippen LogP) is 4.68. The van der Waals surface area contributed by atoms with Gasteiger partial charge in [-0.3, -0.25) is 9.78 Å². The molecule has 1 saturated heterocycles. The van der Waals surface area contributed by atoms with Crippen LogP contribution in [0.15, 0.2) is 48.8 Å². The SMILES string of the molecule is CCN(CC)C(=O)c1ccc(-c2cc(NCCN3CCCCC3)c3cnccc3n2)cc1. The van der Waals surface area contributed by atoms with Crippen molar-refractivity contribution in [3.63, 3.8) is 0 Å². The minimum Gasteiger partial charge on any atom is -0.383 e. The van der Waals surface area contributed by atoms with Crippen molar-refractivity contribution in [1.29, 1.82) is 0 Å². The summed E-state index contributed by atoms with van der Waals surface area (Å²) >= 11 is 0. The van der Waals surface area contributed by atoms with Gasteiger partial charge in [0.2, 0.25) is 0 Å². The molecule has 3 heterocycles. The third-order valence-electron chi connectivity index (χ3n) is 6.28. The van der Waals surface area contributed by atoms with Crippen molar-refractivity contribution in [2.75, 3.05) is 44.6 Å². The van der Waals surface area contributed by atoms with Crippen molar-refractivity contribution in [1.82, 2.24) is 19.8 Å². The number of fused-ring (bicyclic) bond motifs is 1. The van der Waals surface area contributed by atoms with Gasteiger partial charge in [-0.2, -0.15) is 0 Å². The number of aromatic nitrogens is 2. The lowest BCUT2D eigenvalue weighted by atomic mass is 10.1. The Morgan fingerprint density at radius 3 is 2.53 bits per heavy atom. The van der Waals surface area contributed by atoms with Crippen LogP contribution in [0.1, 0.15) is 43.5 Å². The van der Waals surface area contributed by atoms with Crippen LogP contribution in [0.3, 0.4) is 0 Å². The number of hydrogen-bond donors (Lipinski definition) is 1. The van der Waals surface area contributed by atoms with Crippen LogP contribution >= 0.6 is 0 Å². The molecule has 1 aromatic carbocycles. The molecule has 1 N–H and O–H groups in total. The van der Waals surface area contributed by atoms with Crippen molar-refractivity contribution < 1.29 is 4.79 Å². The second kappa shape index (κ2) is 10.6. The smallest absolute Gasteiger partial charge is 0.253 e. The lowest BCUT2D eigenvalue weighted by Crippen LogP contribution is -2.33. The first-order chi connectivity index (χ1) is 15.7. The van der Waals surface area contributed by atoms with Crippen molar-refractivity contribution in [3.05, 3.63) is 54.4 Å². The van der Waals surface area contributed by atoms with E-state index in [1.165, 1.54) is 32.4 Å². The number of amides is 1. The standard InChI is InChI=1S/C26H33N5O/c1-3-31(4-2)26(32)21-10-8-20(9-11-21)24-18-25(22-19-27-13-12-23(22)29-24)28-14-17-30-15-6-5-7-16-30/h8-13,18-19H,3-7,14-17H2,1-2H3,(H,28,29). The molecule has 1 fully saturated rings. The number of pyridine rings is 2. The number of rotatable bonds is 8. The van der Waals surface area contributed by atoms with Crippen LogP contribution in [0, 0.1) is 0 Å². The number of benzene rings is 1. The second-order valence-corrected chi connectivity index (χ2v) is 8.33. The molecule has 2 aromatic heterocycles. The van der Waals surface area contributed by atoms with Crippen LogP contribution in [0.2, 0.25) is 0 Å². The van der Waals surface area contributed by atoms with E-state index in [1.807, 2.05) is 55.3 Å². The molecule has 4 rings (SSSR count). The topological polar surface area (TPSA) is 61.4 Å². The highest BCUT2D eigenvalue weighted by Crippen LogP contribution is 2.28. The molecule has 0 atom stereocenters. The first kappa shape index (κ1) is 22.2. The Kier molecular flexibility index (Phi) is 7.32. The molecule has 0 spiro atoms. The van der Waals surface area contributed by atoms with E-state index >= 15 is 0 Å². The number of hydrogen-bond acceptors (Lipinski definition) is 5. The van der Waals surface area contributed by atoms with E-state index in [4.69, 9.17) is 4.98 Å². The zero-order valence-corrected chi connectivity index (χ0v) is 19.2. The number of likely N-dealkylation sites (tertiary alicyclic amines) is 1. The zero-order chi connectivity index (χ0) is 22.3. The van der Waals surface area contributed by atoms with Gasteiger partial charge >= 0.3 is 0 Å². The molecule has 1 aliphatic heterocycles. The summed E-state index contributed by atoms with van der Waals surface area (Å²) in [6, 6.07) is 11.8. The Morgan fingerprint density at radius 2 is 1.81 bits per heavy atom. The number of anilines is 1. The van der Waals surface area contributed by atoms with E-state index < -0.39 is 0 Å². The summed E-state index contributed by atoms with van der Waals surface area (Å²) in [5.74, 6) is 0.0687. The van der Waals surface area contributed by atoms with E-state index in [1.54, 1.807) is 6.20 Å². The highest BCUT2D eigenvalue weighted by Gasteiger charge is 2.14. The van der Waals surface area contributed by atoms with Crippen LogP contribution in [-0.2, 0) is 0 Å². The molecule has 1 aliphatic rings. The van der Waals surface area contributed by atoms with E-state index in [0.717, 1.165) is 40.9 Å². The third kappa shape index (κ3) is 5.07. The van der Waals surface area contributed by atoms with Crippen molar-refractivity contribution >= 4 is 22.5 Å². The van der Waals surface area contributed by atoms with Crippen LogP contribution < -0.4 is 5.32 Å². The Morgan fingerprint density at radius 1 is 1.06 bits per heavy atom. The molecule has 0 bridgehead atoms. The summed E-state index contributed by atoms with van der Waals surface area (Å²) in [4.78, 5) is 26.2. The van der Waals surface area contributed by atoms with Crippen LogP contribution in [-0.4, -0.2) is 64.9 Å². The van der Waals surface area contributed by atoms with Crippen molar-refractivity contribution in [3.8, 4) is 11.3 Å². The molecule has 3 aromatic rings. The summed E-state index contributed by atoms with van der Waals surface area (Å²) in [5.41, 5.74) is 4.58. The number of nitrogens with zero attached hydrogens (tertiary/aromatic N) is 4. The van der Waals surface area contributed by atoms with Crippen LogP contribution in [0.4, 0.5) is 5.69 Å². The first-order valence-electron chi connectivity index (χ1n) is 11.8. The maximum Gasteiger partial charge on any atom is 0.253 e. The lowest BCUT2D eigenvalue weighted by Gasteiger charge is -2.26. The maximum absolute atomic E-state index is 12.6. The normalized spacial score (nSPS) is 14.4. The van der Waals surface area contributed by atoms with Gasteiger partial charge < -0.3 is 15.1 Å². The van der Waals surface area contributed by atoms with Gasteiger partial charge in [0, 0.05) is 60.8 Å². The molecule has 168 valence electrons. The van der Waals surface area contributed by atoms with Gasteiger partial charge in [0.1, 0.15) is 0 Å². The highest BCUT2D eigenvalue weighted by atomic mass is 16.2. The molecule has 1 amide bonds. The fourth-order valence-electron chi connectivity index (χ4n) is 4.37. The maximum atomic E-state index is 12.6. The summed E-state index contributed by atoms with van der Waals surface area (Å²) in [5, 5.41) is 4.65. The van der Waals surface area contributed by atoms with Crippen LogP contribution in [0.5, 0.6) is 0 Å². The Hall–Kier alpha value is -2.99. The van der Waals surface area contributed by atoms with Crippen molar-refractivity contribution in [2.24, 2.45) is 0 Å². The molecule has 32 heavy (non-hydrogen) atoms. The number of carbonyl (C=O) groups is 1. The van der Waals surface area contributed by atoms with Crippen molar-refractivity contribution in [2.45, 2.75) is 33.1 Å². The first-order valence-corrected chi connectivity index (χ1v) is 11.8. The Bertz CT molecular complexity index is 1040. The monoisotopic (exact) mass is 431 g/mol. The van der Waals surface area contributed by atoms with E-state index in [2.05, 4.69) is 21.3 Å². The largest absolute Gasteiger partial charge is 0.383 e. The average molecular weight is 432 g/mol. The summed E-state index contributed by atoms with van der Waals surface area (Å²) in [7, 11) is 0. The van der Waals surface area contributed by atoms with Gasteiger partial charge in [-0.05, 0) is 64.0 Å². The Balaban J connectivity index is 1.55. The average Bonchev–Trinajstić information content (AvgIpc) is 2.85. The fourth-order valence-corrected chi connectivity index (χ4v) is 4.37. The molecule has 0 radical (unpaired) electrons. The van der Waals surface area contributed by atoms with E-state index in [9.17, 15) is 4.79 Å². The molecular weight excluding hydrogens is 398 g/mol. The number of piperidine rings is 1. The van der Waals surface area contributed by atoms with E-state index in [0.29, 0.717) is 18.7 Å². The minimum absolute atomic E-state index is 0.0687. The predicted molar refractivity (Wildman–Crippen MR) is 131 cm³/mol. The van der Waals surface area contributed by atoms with Gasteiger partial charge in [0.25, 0.3) is 5.91 Å². The van der Waals surface area contributed by atoms with Crippen LogP contribution in [0.25, 0.3) is 22.2 Å². The summed E-state index contributed by atoms with van der Waals surface area (Å²) < 4.78 is 0. The lowest BCUT2D eigenvalue weighted by molar-refractivity contribution is 0.0773. The van der Waals surface area contributed by atoms with Gasteiger partial charge in [-0.25, -0.2) is 4.98 Å². The fraction of sp³-hybridized carbons (Fsp3) is 0.423. The third-order valence-corrected chi connectivity index (χ3v) is 6.28. The molecule has 0 saturated carbocycles. The van der Waals surface area contributed by atoms with Gasteiger partial charge in [-0.15, -0.1) is 0 Å². The second-order valence-electron chi connectivity index (χ2n) is 8.33. The highest BCUT2D eigenvalue weighted by molar-refractivity contribution is 5.95. The quantitative estimate of drug-likeness (QED) is 0.561. The number of nitrogens with one attached hydrogen (secondary N) is 1. The van der Waals surface area contributed by atoms with Gasteiger partial charge in [0.15, 0.2) is 0 Å².